The third kappa shape index (κ3) is 1.67. The maximum atomic E-state index is 5.78. The van der Waals surface area contributed by atoms with Crippen LogP contribution in [0.1, 0.15) is 0 Å². The summed E-state index contributed by atoms with van der Waals surface area (Å²) in [6.07, 6.45) is 1.73. The van der Waals surface area contributed by atoms with Crippen LogP contribution in [0.25, 0.3) is 11.0 Å². The molecule has 0 spiro atoms. The first kappa shape index (κ1) is 10.1. The Kier molecular flexibility index (Phi) is 3.20. The van der Waals surface area contributed by atoms with Crippen molar-refractivity contribution in [3.05, 3.63) is 28.5 Å². The van der Waals surface area contributed by atoms with Crippen molar-refractivity contribution in [2.45, 2.75) is 0 Å². The molecule has 1 aromatic heterocycles. The average Bonchev–Trinajstić information content (AvgIpc) is 2.36. The van der Waals surface area contributed by atoms with Gasteiger partial charge in [-0.15, -0.1) is 0 Å². The van der Waals surface area contributed by atoms with Gasteiger partial charge in [0.25, 0.3) is 0 Å². The average molecular weight is 315 g/mol. The number of fused-ring (bicyclic) bond motifs is 1. The van der Waals surface area contributed by atoms with E-state index < -0.39 is 0 Å². The second-order valence-electron chi connectivity index (χ2n) is 2.24. The number of hydrogen-bond acceptors (Lipinski definition) is 0. The van der Waals surface area contributed by atoms with Gasteiger partial charge in [0.1, 0.15) is 0 Å². The van der Waals surface area contributed by atoms with E-state index in [1.165, 1.54) is 0 Å². The molecule has 0 atom stereocenters. The van der Waals surface area contributed by atoms with Gasteiger partial charge >= 0.3 is 0 Å². The van der Waals surface area contributed by atoms with Gasteiger partial charge < -0.3 is 24.0 Å². The number of aromatic amines is 2. The minimum atomic E-state index is 0. The van der Waals surface area contributed by atoms with Crippen LogP contribution in [0.15, 0.2) is 18.5 Å². The molecule has 2 aromatic rings. The van der Waals surface area contributed by atoms with E-state index in [2.05, 4.69) is 9.97 Å². The molecule has 1 heterocycles. The number of hydrogen-bond donors (Lipinski definition) is 1. The standard InChI is InChI=1S/C7H4Cl2N2.HI/c8-4-1-6-7(2-5(4)9)11-3-10-6;/h1-3H,(H,10,11);1H. The molecule has 2 nitrogen and oxygen atoms in total. The molecule has 0 unspecified atom stereocenters. The maximum Gasteiger partial charge on any atom is 0.240 e. The number of aromatic nitrogens is 2. The third-order valence-corrected chi connectivity index (χ3v) is 2.24. The predicted molar refractivity (Wildman–Crippen MR) is 44.9 cm³/mol. The molecule has 0 amide bonds. The van der Waals surface area contributed by atoms with Crippen molar-refractivity contribution in [3.8, 4) is 0 Å². The van der Waals surface area contributed by atoms with Gasteiger partial charge in [0.2, 0.25) is 6.33 Å². The highest BCUT2D eigenvalue weighted by Crippen LogP contribution is 2.24. The largest absolute Gasteiger partial charge is 1.00 e. The molecule has 0 aliphatic carbocycles. The maximum absolute atomic E-state index is 5.78. The van der Waals surface area contributed by atoms with Crippen LogP contribution in [0.2, 0.25) is 10.0 Å². The van der Waals surface area contributed by atoms with Crippen LogP contribution >= 0.6 is 23.2 Å². The summed E-state index contributed by atoms with van der Waals surface area (Å²) >= 11 is 11.6. The highest BCUT2D eigenvalue weighted by Gasteiger charge is 2.05. The molecule has 0 saturated heterocycles. The molecule has 1 aromatic carbocycles. The fourth-order valence-electron chi connectivity index (χ4n) is 0.977. The van der Waals surface area contributed by atoms with Crippen molar-refractivity contribution in [1.29, 1.82) is 0 Å². The molecule has 0 aliphatic heterocycles. The number of H-pyrrole nitrogens is 2. The van der Waals surface area contributed by atoms with Crippen molar-refractivity contribution >= 4 is 34.2 Å². The Morgan fingerprint density at radius 3 is 2.58 bits per heavy atom. The highest BCUT2D eigenvalue weighted by atomic mass is 127. The minimum Gasteiger partial charge on any atom is -1.00 e. The summed E-state index contributed by atoms with van der Waals surface area (Å²) in [7, 11) is 0. The normalized spacial score (nSPS) is 9.83. The Morgan fingerprint density at radius 1 is 1.17 bits per heavy atom. The number of imidazole rings is 1. The van der Waals surface area contributed by atoms with Gasteiger partial charge in [-0.25, -0.2) is 9.97 Å². The van der Waals surface area contributed by atoms with Crippen LogP contribution in [-0.2, 0) is 0 Å². The SMILES string of the molecule is Clc1cc2[nH]c[nH+]c2cc1Cl.[I-]. The molecule has 2 N–H and O–H groups in total. The third-order valence-electron chi connectivity index (χ3n) is 1.52. The monoisotopic (exact) mass is 314 g/mol. The fourth-order valence-corrected chi connectivity index (χ4v) is 1.30. The number of halogens is 3. The molecule has 0 bridgehead atoms. The van der Waals surface area contributed by atoms with Crippen LogP contribution in [0, 0.1) is 0 Å². The van der Waals surface area contributed by atoms with E-state index in [-0.39, 0.29) is 24.0 Å². The summed E-state index contributed by atoms with van der Waals surface area (Å²) < 4.78 is 0. The van der Waals surface area contributed by atoms with E-state index in [9.17, 15) is 0 Å². The second-order valence-corrected chi connectivity index (χ2v) is 3.06. The Hall–Kier alpha value is 0. The topological polar surface area (TPSA) is 29.9 Å². The number of nitrogens with one attached hydrogen (secondary N) is 2. The Morgan fingerprint density at radius 2 is 1.83 bits per heavy atom. The molecular formula is C7H5Cl2IN2. The van der Waals surface area contributed by atoms with E-state index in [1.54, 1.807) is 18.5 Å². The van der Waals surface area contributed by atoms with Crippen LogP contribution in [0.3, 0.4) is 0 Å². The van der Waals surface area contributed by atoms with Crippen molar-refractivity contribution in [2.24, 2.45) is 0 Å². The first-order valence-corrected chi connectivity index (χ1v) is 3.87. The summed E-state index contributed by atoms with van der Waals surface area (Å²) in [4.78, 5) is 5.98. The van der Waals surface area contributed by atoms with Gasteiger partial charge in [0.05, 0.1) is 10.0 Å². The lowest BCUT2D eigenvalue weighted by molar-refractivity contribution is -0.344. The molecule has 64 valence electrons. The summed E-state index contributed by atoms with van der Waals surface area (Å²) in [5.41, 5.74) is 1.92. The van der Waals surface area contributed by atoms with Crippen molar-refractivity contribution in [1.82, 2.24) is 4.98 Å². The van der Waals surface area contributed by atoms with E-state index in [1.807, 2.05) is 0 Å². The molecule has 0 fully saturated rings. The first-order chi connectivity index (χ1) is 5.27. The Bertz CT molecular complexity index is 363. The van der Waals surface area contributed by atoms with Gasteiger partial charge in [0, 0.05) is 12.1 Å². The van der Waals surface area contributed by atoms with Crippen molar-refractivity contribution in [3.63, 3.8) is 0 Å². The lowest BCUT2D eigenvalue weighted by Gasteiger charge is -1.90. The fraction of sp³-hybridized carbons (Fsp3) is 0. The molecule has 2 rings (SSSR count). The Labute approximate surface area is 96.3 Å². The number of benzene rings is 1. The summed E-state index contributed by atoms with van der Waals surface area (Å²) in [6, 6.07) is 3.57. The molecule has 5 heteroatoms. The lowest BCUT2D eigenvalue weighted by atomic mass is 10.3. The van der Waals surface area contributed by atoms with Gasteiger partial charge in [-0.1, -0.05) is 23.2 Å². The van der Waals surface area contributed by atoms with Gasteiger partial charge in [-0.05, 0) is 0 Å². The first-order valence-electron chi connectivity index (χ1n) is 3.11. The van der Waals surface area contributed by atoms with Crippen LogP contribution in [0.5, 0.6) is 0 Å². The van der Waals surface area contributed by atoms with Gasteiger partial charge in [-0.3, -0.25) is 0 Å². The molecule has 0 radical (unpaired) electrons. The second kappa shape index (κ2) is 3.81. The highest BCUT2D eigenvalue weighted by molar-refractivity contribution is 6.42. The predicted octanol–water partition coefficient (Wildman–Crippen LogP) is -0.707. The zero-order valence-corrected chi connectivity index (χ0v) is 9.54. The van der Waals surface area contributed by atoms with Crippen LogP contribution in [0.4, 0.5) is 0 Å². The van der Waals surface area contributed by atoms with Gasteiger partial charge in [-0.2, -0.15) is 0 Å². The zero-order valence-electron chi connectivity index (χ0n) is 5.87. The van der Waals surface area contributed by atoms with Crippen molar-refractivity contribution < 1.29 is 29.0 Å². The molecular weight excluding hydrogens is 310 g/mol. The summed E-state index contributed by atoms with van der Waals surface area (Å²) in [5.74, 6) is 0. The lowest BCUT2D eigenvalue weighted by Crippen LogP contribution is -3.00. The van der Waals surface area contributed by atoms with Crippen molar-refractivity contribution in [2.75, 3.05) is 0 Å². The molecule has 0 saturated carbocycles. The molecule has 12 heavy (non-hydrogen) atoms. The minimum absolute atomic E-state index is 0. The smallest absolute Gasteiger partial charge is 0.240 e. The van der Waals surface area contributed by atoms with E-state index in [0.29, 0.717) is 10.0 Å². The molecule has 0 aliphatic rings. The summed E-state index contributed by atoms with van der Waals surface area (Å²) in [5, 5.41) is 1.13. The zero-order chi connectivity index (χ0) is 7.84. The van der Waals surface area contributed by atoms with Crippen LogP contribution < -0.4 is 29.0 Å². The van der Waals surface area contributed by atoms with Gasteiger partial charge in [0.15, 0.2) is 11.0 Å². The number of rotatable bonds is 0. The van der Waals surface area contributed by atoms with E-state index in [0.717, 1.165) is 11.0 Å². The van der Waals surface area contributed by atoms with E-state index >= 15 is 0 Å². The Balaban J connectivity index is 0.000000720. The quantitative estimate of drug-likeness (QED) is 0.623. The summed E-state index contributed by atoms with van der Waals surface area (Å²) in [6.45, 7) is 0. The van der Waals surface area contributed by atoms with E-state index in [4.69, 9.17) is 23.2 Å². The van der Waals surface area contributed by atoms with Crippen LogP contribution in [-0.4, -0.2) is 4.98 Å².